The number of likely N-dealkylation sites (tertiary alicyclic amines) is 1. The highest BCUT2D eigenvalue weighted by Gasteiger charge is 2.26. The van der Waals surface area contributed by atoms with E-state index in [2.05, 4.69) is 5.32 Å². The third-order valence-corrected chi connectivity index (χ3v) is 4.42. The summed E-state index contributed by atoms with van der Waals surface area (Å²) in [6, 6.07) is 1.30. The Kier molecular flexibility index (Phi) is 4.74. The van der Waals surface area contributed by atoms with Gasteiger partial charge >= 0.3 is 0 Å². The Bertz CT molecular complexity index is 495. The van der Waals surface area contributed by atoms with E-state index in [1.54, 1.807) is 11.4 Å². The topological polar surface area (TPSA) is 95.7 Å². The van der Waals surface area contributed by atoms with Crippen LogP contribution < -0.4 is 11.1 Å². The molecule has 0 aliphatic carbocycles. The molecule has 1 aliphatic heterocycles. The molecule has 0 aromatic carbocycles. The standard InChI is InChI=1S/C13H19N3O3S/c1-8(16-5-2-9(17)3-6-16)12(19)15-13-10(11(14)18)4-7-20-13/h4,7-9,17H,2-3,5-6H2,1H3,(H2,14,18)(H,15,19)/t8-/m1/s1. The van der Waals surface area contributed by atoms with Gasteiger partial charge in [0.15, 0.2) is 0 Å². The normalized spacial score (nSPS) is 18.7. The molecule has 2 amide bonds. The van der Waals surface area contributed by atoms with Crippen molar-refractivity contribution in [2.24, 2.45) is 5.73 Å². The van der Waals surface area contributed by atoms with E-state index in [1.165, 1.54) is 11.3 Å². The molecular formula is C13H19N3O3S. The number of carbonyl (C=O) groups excluding carboxylic acids is 2. The van der Waals surface area contributed by atoms with Gasteiger partial charge in [-0.15, -0.1) is 11.3 Å². The number of thiophene rings is 1. The van der Waals surface area contributed by atoms with Crippen molar-refractivity contribution in [1.29, 1.82) is 0 Å². The first-order valence-corrected chi connectivity index (χ1v) is 7.47. The Balaban J connectivity index is 1.97. The van der Waals surface area contributed by atoms with Crippen LogP contribution in [0.2, 0.25) is 0 Å². The molecule has 2 heterocycles. The number of amides is 2. The summed E-state index contributed by atoms with van der Waals surface area (Å²) >= 11 is 1.28. The van der Waals surface area contributed by atoms with Crippen molar-refractivity contribution in [1.82, 2.24) is 4.90 Å². The number of nitrogens with zero attached hydrogens (tertiary/aromatic N) is 1. The van der Waals surface area contributed by atoms with E-state index in [-0.39, 0.29) is 18.1 Å². The monoisotopic (exact) mass is 297 g/mol. The van der Waals surface area contributed by atoms with Crippen molar-refractivity contribution >= 4 is 28.2 Å². The van der Waals surface area contributed by atoms with Crippen molar-refractivity contribution in [3.63, 3.8) is 0 Å². The van der Waals surface area contributed by atoms with Gasteiger partial charge in [-0.25, -0.2) is 0 Å². The number of aliphatic hydroxyl groups excluding tert-OH is 1. The number of hydrogen-bond acceptors (Lipinski definition) is 5. The zero-order valence-electron chi connectivity index (χ0n) is 11.3. The fourth-order valence-electron chi connectivity index (χ4n) is 2.26. The zero-order valence-corrected chi connectivity index (χ0v) is 12.2. The summed E-state index contributed by atoms with van der Waals surface area (Å²) < 4.78 is 0. The van der Waals surface area contributed by atoms with E-state index < -0.39 is 5.91 Å². The van der Waals surface area contributed by atoms with Crippen LogP contribution in [0.15, 0.2) is 11.4 Å². The third kappa shape index (κ3) is 3.36. The molecule has 1 saturated heterocycles. The van der Waals surface area contributed by atoms with Crippen LogP contribution in [-0.2, 0) is 4.79 Å². The highest BCUT2D eigenvalue weighted by atomic mass is 32.1. The highest BCUT2D eigenvalue weighted by Crippen LogP contribution is 2.23. The predicted octanol–water partition coefficient (Wildman–Crippen LogP) is 0.631. The number of carbonyl (C=O) groups is 2. The summed E-state index contributed by atoms with van der Waals surface area (Å²) in [7, 11) is 0. The summed E-state index contributed by atoms with van der Waals surface area (Å²) in [6.07, 6.45) is 1.10. The molecule has 1 aliphatic rings. The minimum atomic E-state index is -0.546. The van der Waals surface area contributed by atoms with E-state index in [0.717, 1.165) is 0 Å². The van der Waals surface area contributed by atoms with Gasteiger partial charge < -0.3 is 16.2 Å². The first kappa shape index (κ1) is 15.0. The van der Waals surface area contributed by atoms with Crippen LogP contribution >= 0.6 is 11.3 Å². The lowest BCUT2D eigenvalue weighted by Gasteiger charge is -2.33. The van der Waals surface area contributed by atoms with Gasteiger partial charge in [0, 0.05) is 13.1 Å². The summed E-state index contributed by atoms with van der Waals surface area (Å²) in [6.45, 7) is 3.22. The number of nitrogens with one attached hydrogen (secondary N) is 1. The van der Waals surface area contributed by atoms with Crippen molar-refractivity contribution in [3.8, 4) is 0 Å². The first-order chi connectivity index (χ1) is 9.49. The van der Waals surface area contributed by atoms with Crippen LogP contribution in [-0.4, -0.2) is 47.1 Å². The number of rotatable bonds is 4. The summed E-state index contributed by atoms with van der Waals surface area (Å²) in [5, 5.41) is 14.4. The average molecular weight is 297 g/mol. The fraction of sp³-hybridized carbons (Fsp3) is 0.538. The highest BCUT2D eigenvalue weighted by molar-refractivity contribution is 7.14. The first-order valence-electron chi connectivity index (χ1n) is 6.59. The molecule has 110 valence electrons. The van der Waals surface area contributed by atoms with E-state index in [1.807, 2.05) is 11.8 Å². The second-order valence-corrected chi connectivity index (χ2v) is 5.88. The lowest BCUT2D eigenvalue weighted by atomic mass is 10.1. The maximum atomic E-state index is 12.2. The SMILES string of the molecule is C[C@H](C(=O)Nc1sccc1C(N)=O)N1CCC(O)CC1. The van der Waals surface area contributed by atoms with Crippen LogP contribution in [0, 0.1) is 0 Å². The maximum absolute atomic E-state index is 12.2. The van der Waals surface area contributed by atoms with E-state index in [0.29, 0.717) is 36.5 Å². The Morgan fingerprint density at radius 3 is 2.75 bits per heavy atom. The van der Waals surface area contributed by atoms with Gasteiger partial charge in [-0.05, 0) is 31.2 Å². The van der Waals surface area contributed by atoms with Crippen LogP contribution in [0.4, 0.5) is 5.00 Å². The van der Waals surface area contributed by atoms with Gasteiger partial charge in [0.25, 0.3) is 5.91 Å². The molecule has 0 saturated carbocycles. The van der Waals surface area contributed by atoms with E-state index >= 15 is 0 Å². The van der Waals surface area contributed by atoms with E-state index in [9.17, 15) is 14.7 Å². The van der Waals surface area contributed by atoms with Gasteiger partial charge in [0.1, 0.15) is 5.00 Å². The van der Waals surface area contributed by atoms with Crippen LogP contribution in [0.1, 0.15) is 30.1 Å². The summed E-state index contributed by atoms with van der Waals surface area (Å²) in [5.74, 6) is -0.707. The third-order valence-electron chi connectivity index (χ3n) is 3.59. The molecule has 4 N–H and O–H groups in total. The molecule has 1 aromatic heterocycles. The van der Waals surface area contributed by atoms with Gasteiger partial charge in [0.2, 0.25) is 5.91 Å². The Hall–Kier alpha value is -1.44. The molecule has 1 atom stereocenters. The number of nitrogens with two attached hydrogens (primary N) is 1. The van der Waals surface area contributed by atoms with Crippen LogP contribution in [0.5, 0.6) is 0 Å². The van der Waals surface area contributed by atoms with Gasteiger partial charge in [0.05, 0.1) is 17.7 Å². The molecular weight excluding hydrogens is 278 g/mol. The number of piperidine rings is 1. The summed E-state index contributed by atoms with van der Waals surface area (Å²) in [5.41, 5.74) is 5.58. The van der Waals surface area contributed by atoms with Crippen molar-refractivity contribution < 1.29 is 14.7 Å². The quantitative estimate of drug-likeness (QED) is 0.759. The average Bonchev–Trinajstić information content (AvgIpc) is 2.87. The molecule has 0 unspecified atom stereocenters. The second-order valence-electron chi connectivity index (χ2n) is 4.96. The second kappa shape index (κ2) is 6.34. The molecule has 2 rings (SSSR count). The number of hydrogen-bond donors (Lipinski definition) is 3. The molecule has 0 radical (unpaired) electrons. The molecule has 6 nitrogen and oxygen atoms in total. The maximum Gasteiger partial charge on any atom is 0.251 e. The number of anilines is 1. The molecule has 1 aromatic rings. The molecule has 1 fully saturated rings. The lowest BCUT2D eigenvalue weighted by Crippen LogP contribution is -2.47. The van der Waals surface area contributed by atoms with Crippen molar-refractivity contribution in [2.75, 3.05) is 18.4 Å². The van der Waals surface area contributed by atoms with Crippen molar-refractivity contribution in [3.05, 3.63) is 17.0 Å². The Morgan fingerprint density at radius 2 is 2.15 bits per heavy atom. The molecule has 0 bridgehead atoms. The predicted molar refractivity (Wildman–Crippen MR) is 77.7 cm³/mol. The van der Waals surface area contributed by atoms with Gasteiger partial charge in [-0.3, -0.25) is 14.5 Å². The minimum absolute atomic E-state index is 0.161. The summed E-state index contributed by atoms with van der Waals surface area (Å²) in [4.78, 5) is 25.4. The van der Waals surface area contributed by atoms with Gasteiger partial charge in [-0.2, -0.15) is 0 Å². The van der Waals surface area contributed by atoms with Crippen LogP contribution in [0.3, 0.4) is 0 Å². The minimum Gasteiger partial charge on any atom is -0.393 e. The Morgan fingerprint density at radius 1 is 1.50 bits per heavy atom. The largest absolute Gasteiger partial charge is 0.393 e. The van der Waals surface area contributed by atoms with Crippen molar-refractivity contribution in [2.45, 2.75) is 31.9 Å². The fourth-order valence-corrected chi connectivity index (χ4v) is 3.05. The lowest BCUT2D eigenvalue weighted by molar-refractivity contribution is -0.121. The van der Waals surface area contributed by atoms with Gasteiger partial charge in [-0.1, -0.05) is 0 Å². The molecule has 7 heteroatoms. The Labute approximate surface area is 121 Å². The number of aliphatic hydroxyl groups is 1. The molecule has 0 spiro atoms. The van der Waals surface area contributed by atoms with Crippen LogP contribution in [0.25, 0.3) is 0 Å². The smallest absolute Gasteiger partial charge is 0.251 e. The zero-order chi connectivity index (χ0) is 14.7. The number of primary amides is 1. The molecule has 20 heavy (non-hydrogen) atoms. The van der Waals surface area contributed by atoms with E-state index in [4.69, 9.17) is 5.73 Å².